The van der Waals surface area contributed by atoms with E-state index in [0.29, 0.717) is 5.13 Å². The van der Waals surface area contributed by atoms with Crippen LogP contribution in [-0.4, -0.2) is 60.7 Å². The van der Waals surface area contributed by atoms with Crippen molar-refractivity contribution in [3.05, 3.63) is 11.1 Å². The lowest BCUT2D eigenvalue weighted by Crippen LogP contribution is -2.46. The number of aromatic nitrogens is 1. The molecule has 0 spiro atoms. The van der Waals surface area contributed by atoms with E-state index in [9.17, 15) is 0 Å². The second-order valence-corrected chi connectivity index (χ2v) is 5.63. The Bertz CT molecular complexity index is 355. The molecule has 0 saturated carbocycles. The molecule has 0 atom stereocenters. The zero-order chi connectivity index (χ0) is 12.8. The largest absolute Gasteiger partial charge is 0.380 e. The number of nitrogen functional groups attached to an aromatic ring is 1. The molecule has 2 heterocycles. The van der Waals surface area contributed by atoms with Crippen LogP contribution in [-0.2, 0) is 11.3 Å². The van der Waals surface area contributed by atoms with Gasteiger partial charge in [0.05, 0.1) is 6.61 Å². The predicted molar refractivity (Wildman–Crippen MR) is 82.0 cm³/mol. The Morgan fingerprint density at radius 2 is 2.00 bits per heavy atom. The number of hydrogen-bond acceptors (Lipinski definition) is 6. The highest BCUT2D eigenvalue weighted by molar-refractivity contribution is 7.15. The van der Waals surface area contributed by atoms with Gasteiger partial charge in [0.2, 0.25) is 0 Å². The Morgan fingerprint density at radius 3 is 2.58 bits per heavy atom. The molecule has 1 fully saturated rings. The summed E-state index contributed by atoms with van der Waals surface area (Å²) >= 11 is 1.59. The molecular weight excluding hydrogens is 284 g/mol. The average Bonchev–Trinajstić information content (AvgIpc) is 2.77. The molecule has 0 aromatic carbocycles. The van der Waals surface area contributed by atoms with Crippen molar-refractivity contribution >= 4 is 28.9 Å². The van der Waals surface area contributed by atoms with Gasteiger partial charge in [0.15, 0.2) is 5.13 Å². The number of rotatable bonds is 6. The topological polar surface area (TPSA) is 54.6 Å². The zero-order valence-electron chi connectivity index (χ0n) is 11.4. The molecule has 0 unspecified atom stereocenters. The summed E-state index contributed by atoms with van der Waals surface area (Å²) in [7, 11) is 0. The first-order chi connectivity index (χ1) is 8.78. The molecule has 110 valence electrons. The molecule has 19 heavy (non-hydrogen) atoms. The third-order valence-corrected chi connectivity index (χ3v) is 3.98. The van der Waals surface area contributed by atoms with Crippen LogP contribution in [0, 0.1) is 0 Å². The van der Waals surface area contributed by atoms with Gasteiger partial charge in [-0.2, -0.15) is 0 Å². The summed E-state index contributed by atoms with van der Waals surface area (Å²) < 4.78 is 5.39. The maximum absolute atomic E-state index is 5.64. The fourth-order valence-electron chi connectivity index (χ4n) is 2.13. The van der Waals surface area contributed by atoms with Crippen LogP contribution in [0.3, 0.4) is 0 Å². The molecule has 0 radical (unpaired) electrons. The van der Waals surface area contributed by atoms with Crippen LogP contribution < -0.4 is 5.73 Å². The Kier molecular flexibility index (Phi) is 7.63. The highest BCUT2D eigenvalue weighted by Gasteiger charge is 2.17. The zero-order valence-corrected chi connectivity index (χ0v) is 13.0. The third kappa shape index (κ3) is 5.62. The smallest absolute Gasteiger partial charge is 0.180 e. The molecule has 2 N–H and O–H groups in total. The highest BCUT2D eigenvalue weighted by Crippen LogP contribution is 2.17. The second kappa shape index (κ2) is 8.71. The van der Waals surface area contributed by atoms with E-state index in [1.165, 1.54) is 4.88 Å². The summed E-state index contributed by atoms with van der Waals surface area (Å²) in [5.74, 6) is 0. The summed E-state index contributed by atoms with van der Waals surface area (Å²) in [5.41, 5.74) is 5.64. The lowest BCUT2D eigenvalue weighted by Gasteiger charge is -2.34. The maximum atomic E-state index is 5.64. The molecule has 0 bridgehead atoms. The molecule has 2 rings (SSSR count). The van der Waals surface area contributed by atoms with E-state index >= 15 is 0 Å². The van der Waals surface area contributed by atoms with Crippen molar-refractivity contribution < 1.29 is 4.74 Å². The normalized spacial score (nSPS) is 17.3. The number of thiazole rings is 1. The first-order valence-corrected chi connectivity index (χ1v) is 7.32. The maximum Gasteiger partial charge on any atom is 0.180 e. The van der Waals surface area contributed by atoms with E-state index in [1.807, 2.05) is 13.1 Å². The lowest BCUT2D eigenvalue weighted by molar-refractivity contribution is 0.0789. The number of piperazine rings is 1. The molecule has 5 nitrogen and oxygen atoms in total. The number of anilines is 1. The predicted octanol–water partition coefficient (Wildman–Crippen LogP) is 1.30. The van der Waals surface area contributed by atoms with Crippen molar-refractivity contribution in [1.29, 1.82) is 0 Å². The Labute approximate surface area is 125 Å². The van der Waals surface area contributed by atoms with E-state index in [4.69, 9.17) is 10.5 Å². The lowest BCUT2D eigenvalue weighted by atomic mass is 10.3. The van der Waals surface area contributed by atoms with E-state index in [1.54, 1.807) is 11.3 Å². The van der Waals surface area contributed by atoms with Crippen LogP contribution in [0.1, 0.15) is 11.8 Å². The van der Waals surface area contributed by atoms with Gasteiger partial charge >= 0.3 is 0 Å². The summed E-state index contributed by atoms with van der Waals surface area (Å²) in [4.78, 5) is 10.3. The molecule has 1 aromatic heterocycles. The molecule has 1 aliphatic heterocycles. The first-order valence-electron chi connectivity index (χ1n) is 6.50. The molecule has 1 saturated heterocycles. The first kappa shape index (κ1) is 16.7. The van der Waals surface area contributed by atoms with Gasteiger partial charge in [-0.15, -0.1) is 23.7 Å². The van der Waals surface area contributed by atoms with Crippen molar-refractivity contribution in [3.8, 4) is 0 Å². The van der Waals surface area contributed by atoms with Gasteiger partial charge < -0.3 is 10.5 Å². The Morgan fingerprint density at radius 1 is 1.32 bits per heavy atom. The summed E-state index contributed by atoms with van der Waals surface area (Å²) in [6.07, 6.45) is 1.89. The van der Waals surface area contributed by atoms with Gasteiger partial charge in [0.1, 0.15) is 0 Å². The van der Waals surface area contributed by atoms with E-state index in [0.717, 1.165) is 52.5 Å². The van der Waals surface area contributed by atoms with Crippen LogP contribution in [0.4, 0.5) is 5.13 Å². The Hall–Kier alpha value is -0.400. The van der Waals surface area contributed by atoms with Gasteiger partial charge in [-0.3, -0.25) is 9.80 Å². The van der Waals surface area contributed by atoms with Crippen LogP contribution in [0.2, 0.25) is 0 Å². The van der Waals surface area contributed by atoms with Crippen LogP contribution in [0.5, 0.6) is 0 Å². The minimum Gasteiger partial charge on any atom is -0.380 e. The second-order valence-electron chi connectivity index (χ2n) is 4.48. The highest BCUT2D eigenvalue weighted by atomic mass is 35.5. The average molecular weight is 307 g/mol. The van der Waals surface area contributed by atoms with E-state index < -0.39 is 0 Å². The minimum atomic E-state index is 0. The SMILES string of the molecule is CCOCCN1CCN(Cc2cnc(N)s2)CC1.Cl. The molecule has 0 aliphatic carbocycles. The van der Waals surface area contributed by atoms with Crippen molar-refractivity contribution in [2.24, 2.45) is 0 Å². The van der Waals surface area contributed by atoms with Gasteiger partial charge in [0, 0.05) is 56.9 Å². The van der Waals surface area contributed by atoms with Crippen molar-refractivity contribution in [1.82, 2.24) is 14.8 Å². The number of nitrogens with zero attached hydrogens (tertiary/aromatic N) is 3. The molecule has 1 aromatic rings. The molecular formula is C12H23ClN4OS. The van der Waals surface area contributed by atoms with Gasteiger partial charge in [-0.05, 0) is 6.92 Å². The number of halogens is 1. The van der Waals surface area contributed by atoms with Crippen molar-refractivity contribution in [2.75, 3.05) is 51.7 Å². The fourth-order valence-corrected chi connectivity index (χ4v) is 2.85. The number of hydrogen-bond donors (Lipinski definition) is 1. The summed E-state index contributed by atoms with van der Waals surface area (Å²) in [6, 6.07) is 0. The van der Waals surface area contributed by atoms with E-state index in [2.05, 4.69) is 14.8 Å². The van der Waals surface area contributed by atoms with Crippen molar-refractivity contribution in [2.45, 2.75) is 13.5 Å². The molecule has 1 aliphatic rings. The Balaban J connectivity index is 0.00000180. The third-order valence-electron chi connectivity index (χ3n) is 3.17. The van der Waals surface area contributed by atoms with Gasteiger partial charge in [0.25, 0.3) is 0 Å². The summed E-state index contributed by atoms with van der Waals surface area (Å²) in [5, 5.41) is 0.667. The van der Waals surface area contributed by atoms with Crippen LogP contribution >= 0.6 is 23.7 Å². The van der Waals surface area contributed by atoms with Gasteiger partial charge in [-0.25, -0.2) is 4.98 Å². The number of ether oxygens (including phenoxy) is 1. The molecule has 7 heteroatoms. The number of nitrogens with two attached hydrogens (primary N) is 1. The monoisotopic (exact) mass is 306 g/mol. The molecule has 0 amide bonds. The minimum absolute atomic E-state index is 0. The fraction of sp³-hybridized carbons (Fsp3) is 0.750. The van der Waals surface area contributed by atoms with Gasteiger partial charge in [-0.1, -0.05) is 0 Å². The van der Waals surface area contributed by atoms with Crippen LogP contribution in [0.15, 0.2) is 6.20 Å². The summed E-state index contributed by atoms with van der Waals surface area (Å²) in [6.45, 7) is 10.2. The standard InChI is InChI=1S/C12H22N4OS.ClH/c1-2-17-8-7-15-3-5-16(6-4-15)10-11-9-14-12(13)18-11;/h9H,2-8,10H2,1H3,(H2,13,14);1H. The van der Waals surface area contributed by atoms with Crippen molar-refractivity contribution in [3.63, 3.8) is 0 Å². The quantitative estimate of drug-likeness (QED) is 0.803. The van der Waals surface area contributed by atoms with E-state index in [-0.39, 0.29) is 12.4 Å². The van der Waals surface area contributed by atoms with Crippen LogP contribution in [0.25, 0.3) is 0 Å².